The minimum atomic E-state index is -0.774. The summed E-state index contributed by atoms with van der Waals surface area (Å²) in [5.41, 5.74) is 0.468. The van der Waals surface area contributed by atoms with Crippen LogP contribution in [0.25, 0.3) is 0 Å². The molecule has 3 saturated heterocycles. The average molecular weight is 295 g/mol. The first-order valence-corrected chi connectivity index (χ1v) is 7.92. The van der Waals surface area contributed by atoms with Gasteiger partial charge in [0.2, 0.25) is 0 Å². The molecule has 6 heteroatoms. The van der Waals surface area contributed by atoms with Crippen molar-refractivity contribution in [1.29, 1.82) is 5.26 Å². The summed E-state index contributed by atoms with van der Waals surface area (Å²) in [7, 11) is 0. The Bertz CT molecular complexity index is 500. The predicted octanol–water partition coefficient (Wildman–Crippen LogP) is 1.21. The quantitative estimate of drug-likeness (QED) is 0.854. The van der Waals surface area contributed by atoms with E-state index in [1.165, 1.54) is 11.8 Å². The van der Waals surface area contributed by atoms with Crippen LogP contribution < -0.4 is 0 Å². The van der Waals surface area contributed by atoms with Crippen molar-refractivity contribution in [1.82, 2.24) is 0 Å². The highest BCUT2D eigenvalue weighted by Gasteiger charge is 2.49. The van der Waals surface area contributed by atoms with Crippen molar-refractivity contribution in [2.75, 3.05) is 5.75 Å². The fourth-order valence-electron chi connectivity index (χ4n) is 2.26. The van der Waals surface area contributed by atoms with E-state index in [2.05, 4.69) is 6.07 Å². The molecule has 0 unspecified atom stereocenters. The van der Waals surface area contributed by atoms with E-state index in [9.17, 15) is 10.2 Å². The number of hydrogen-bond donors (Lipinski definition) is 2. The molecule has 0 radical (unpaired) electrons. The maximum absolute atomic E-state index is 9.99. The number of hydrogen-bond acceptors (Lipinski definition) is 6. The fourth-order valence-corrected chi connectivity index (χ4v) is 4.99. The van der Waals surface area contributed by atoms with Gasteiger partial charge in [0.05, 0.1) is 29.1 Å². The second-order valence-corrected chi connectivity index (χ2v) is 6.96. The molecule has 3 aliphatic rings. The molecule has 100 valence electrons. The monoisotopic (exact) mass is 295 g/mol. The minimum Gasteiger partial charge on any atom is -0.389 e. The van der Waals surface area contributed by atoms with Gasteiger partial charge in [-0.3, -0.25) is 0 Å². The van der Waals surface area contributed by atoms with Crippen LogP contribution >= 0.6 is 23.5 Å². The molecule has 1 aromatic rings. The average Bonchev–Trinajstić information content (AvgIpc) is 2.45. The summed E-state index contributed by atoms with van der Waals surface area (Å²) >= 11 is 3.18. The molecule has 19 heavy (non-hydrogen) atoms. The topological polar surface area (TPSA) is 73.5 Å². The van der Waals surface area contributed by atoms with Crippen LogP contribution in [-0.4, -0.2) is 45.0 Å². The Morgan fingerprint density at radius 2 is 2.00 bits per heavy atom. The fraction of sp³-hybridized carbons (Fsp3) is 0.462. The first-order chi connectivity index (χ1) is 9.19. The van der Waals surface area contributed by atoms with Crippen molar-refractivity contribution in [2.24, 2.45) is 0 Å². The molecule has 3 heterocycles. The van der Waals surface area contributed by atoms with Crippen LogP contribution in [0.1, 0.15) is 5.56 Å². The lowest BCUT2D eigenvalue weighted by Gasteiger charge is -2.47. The maximum atomic E-state index is 9.99. The molecule has 1 aromatic carbocycles. The second kappa shape index (κ2) is 5.35. The van der Waals surface area contributed by atoms with E-state index in [0.29, 0.717) is 5.56 Å². The zero-order valence-electron chi connectivity index (χ0n) is 9.97. The van der Waals surface area contributed by atoms with E-state index in [1.54, 1.807) is 23.9 Å². The van der Waals surface area contributed by atoms with Gasteiger partial charge in [-0.25, -0.2) is 0 Å². The Labute approximate surface area is 119 Å². The van der Waals surface area contributed by atoms with Gasteiger partial charge in [0.25, 0.3) is 0 Å². The first-order valence-electron chi connectivity index (χ1n) is 5.99. The number of aliphatic hydroxyl groups is 2. The summed E-state index contributed by atoms with van der Waals surface area (Å²) in [5, 5.41) is 28.4. The van der Waals surface area contributed by atoms with Gasteiger partial charge in [0, 0.05) is 10.6 Å². The smallest absolute Gasteiger partial charge is 0.122 e. The minimum absolute atomic E-state index is 0.111. The number of aliphatic hydroxyl groups excluding tert-OH is 2. The molecule has 2 N–H and O–H groups in total. The van der Waals surface area contributed by atoms with Crippen molar-refractivity contribution >= 4 is 23.5 Å². The Morgan fingerprint density at radius 1 is 1.26 bits per heavy atom. The van der Waals surface area contributed by atoms with Crippen molar-refractivity contribution in [2.45, 2.75) is 33.9 Å². The van der Waals surface area contributed by atoms with E-state index in [0.717, 1.165) is 10.6 Å². The summed E-state index contributed by atoms with van der Waals surface area (Å²) in [6.07, 6.45) is -1.79. The van der Waals surface area contributed by atoms with E-state index >= 15 is 0 Å². The van der Waals surface area contributed by atoms with Gasteiger partial charge in [-0.05, 0) is 24.3 Å². The zero-order valence-corrected chi connectivity index (χ0v) is 11.6. The van der Waals surface area contributed by atoms with Gasteiger partial charge < -0.3 is 14.9 Å². The second-order valence-electron chi connectivity index (χ2n) is 4.58. The summed E-state index contributed by atoms with van der Waals surface area (Å²) in [6, 6.07) is 9.37. The van der Waals surface area contributed by atoms with Crippen LogP contribution in [0.2, 0.25) is 0 Å². The van der Waals surface area contributed by atoms with Gasteiger partial charge in [-0.1, -0.05) is 11.8 Å². The highest BCUT2D eigenvalue weighted by Crippen LogP contribution is 2.44. The van der Waals surface area contributed by atoms with Gasteiger partial charge in [0.1, 0.15) is 11.5 Å². The molecule has 3 fully saturated rings. The normalized spacial score (nSPS) is 37.0. The van der Waals surface area contributed by atoms with Crippen LogP contribution in [0.15, 0.2) is 29.2 Å². The molecule has 5 atom stereocenters. The molecule has 0 saturated carbocycles. The number of benzene rings is 1. The van der Waals surface area contributed by atoms with E-state index in [4.69, 9.17) is 10.00 Å². The number of nitriles is 1. The van der Waals surface area contributed by atoms with E-state index in [1.807, 2.05) is 12.1 Å². The number of nitrogens with zero attached hydrogens (tertiary/aromatic N) is 1. The van der Waals surface area contributed by atoms with Crippen molar-refractivity contribution in [3.8, 4) is 6.07 Å². The third kappa shape index (κ3) is 2.49. The largest absolute Gasteiger partial charge is 0.389 e. The molecular weight excluding hydrogens is 282 g/mol. The summed E-state index contributed by atoms with van der Waals surface area (Å²) in [4.78, 5) is 0.999. The first kappa shape index (κ1) is 13.3. The van der Waals surface area contributed by atoms with E-state index < -0.39 is 12.2 Å². The standard InChI is InChI=1S/C13H13NO3S2/c14-5-7-1-3-8(4-2-7)19-13-12-11(16)10(15)9(17-13)6-18-12/h1-4,9-13,15-16H,6H2/t9-,10-,11+,12+,13-/m1/s1. The van der Waals surface area contributed by atoms with Crippen LogP contribution in [-0.2, 0) is 4.74 Å². The van der Waals surface area contributed by atoms with Crippen LogP contribution in [0.3, 0.4) is 0 Å². The molecular formula is C13H13NO3S2. The maximum Gasteiger partial charge on any atom is 0.122 e. The lowest BCUT2D eigenvalue weighted by Crippen LogP contribution is -2.60. The van der Waals surface area contributed by atoms with Crippen LogP contribution in [0.5, 0.6) is 0 Å². The highest BCUT2D eigenvalue weighted by atomic mass is 32.2. The molecule has 0 amide bonds. The van der Waals surface area contributed by atoms with Crippen molar-refractivity contribution in [3.63, 3.8) is 0 Å². The van der Waals surface area contributed by atoms with Crippen LogP contribution in [0.4, 0.5) is 0 Å². The molecule has 0 aromatic heterocycles. The molecule has 4 rings (SSSR count). The molecule has 2 bridgehead atoms. The van der Waals surface area contributed by atoms with Crippen LogP contribution in [0, 0.1) is 11.3 Å². The molecule has 3 aliphatic heterocycles. The van der Waals surface area contributed by atoms with Gasteiger partial charge >= 0.3 is 0 Å². The third-order valence-corrected chi connectivity index (χ3v) is 6.12. The third-order valence-electron chi connectivity index (χ3n) is 3.33. The summed E-state index contributed by atoms with van der Waals surface area (Å²) < 4.78 is 5.80. The summed E-state index contributed by atoms with van der Waals surface area (Å²) in [6.45, 7) is 0. The molecule has 0 aliphatic carbocycles. The molecule has 0 spiro atoms. The SMILES string of the molecule is N#Cc1ccc(S[C@H]2O[C@@H]3CS[C@H]2[C@@H](O)[C@@H]3O)cc1. The Morgan fingerprint density at radius 3 is 2.63 bits per heavy atom. The Kier molecular flexibility index (Phi) is 3.74. The van der Waals surface area contributed by atoms with Gasteiger partial charge in [-0.15, -0.1) is 11.8 Å². The highest BCUT2D eigenvalue weighted by molar-refractivity contribution is 8.03. The number of thioether (sulfide) groups is 2. The van der Waals surface area contributed by atoms with Crippen molar-refractivity contribution in [3.05, 3.63) is 29.8 Å². The lowest BCUT2D eigenvalue weighted by molar-refractivity contribution is -0.138. The van der Waals surface area contributed by atoms with Gasteiger partial charge in [-0.2, -0.15) is 5.26 Å². The molecule has 4 nitrogen and oxygen atoms in total. The zero-order chi connectivity index (χ0) is 13.4. The Balaban J connectivity index is 1.72. The summed E-state index contributed by atoms with van der Waals surface area (Å²) in [5.74, 6) is 0.729. The van der Waals surface area contributed by atoms with E-state index in [-0.39, 0.29) is 16.8 Å². The Hall–Kier alpha value is -0.710. The number of fused-ring (bicyclic) bond motifs is 3. The van der Waals surface area contributed by atoms with Crippen molar-refractivity contribution < 1.29 is 14.9 Å². The lowest BCUT2D eigenvalue weighted by atomic mass is 10.0. The number of ether oxygens (including phenoxy) is 1. The van der Waals surface area contributed by atoms with Gasteiger partial charge in [0.15, 0.2) is 0 Å². The number of rotatable bonds is 2. The predicted molar refractivity (Wildman–Crippen MR) is 73.9 cm³/mol.